The first-order valence-corrected chi connectivity index (χ1v) is 9.88. The van der Waals surface area contributed by atoms with E-state index in [-0.39, 0.29) is 29.6 Å². The van der Waals surface area contributed by atoms with Crippen molar-refractivity contribution in [3.05, 3.63) is 18.2 Å². The zero-order chi connectivity index (χ0) is 18.4. The van der Waals surface area contributed by atoms with Gasteiger partial charge in [0.25, 0.3) is 0 Å². The van der Waals surface area contributed by atoms with Crippen LogP contribution < -0.4 is 9.47 Å². The van der Waals surface area contributed by atoms with E-state index in [1.54, 1.807) is 17.0 Å². The van der Waals surface area contributed by atoms with Crippen LogP contribution in [-0.4, -0.2) is 63.9 Å². The molecule has 1 aliphatic heterocycles. The van der Waals surface area contributed by atoms with E-state index >= 15 is 0 Å². The number of rotatable bonds is 7. The fraction of sp³-hybridized carbons (Fsp3) is 0.588. The third kappa shape index (κ3) is 4.43. The summed E-state index contributed by atoms with van der Waals surface area (Å²) in [5.74, 6) is 0.879. The van der Waals surface area contributed by atoms with Crippen molar-refractivity contribution in [2.75, 3.05) is 40.4 Å². The smallest absolute Gasteiger partial charge is 0.246 e. The monoisotopic (exact) mass is 370 g/mol. The lowest BCUT2D eigenvalue weighted by molar-refractivity contribution is -0.132. The molecule has 25 heavy (non-hydrogen) atoms. The molecule has 8 heteroatoms. The summed E-state index contributed by atoms with van der Waals surface area (Å²) in [5, 5.41) is 0. The topological polar surface area (TPSA) is 76.2 Å². The molecule has 1 aliphatic rings. The molecule has 1 aromatic rings. The predicted molar refractivity (Wildman–Crippen MR) is 94.4 cm³/mol. The Labute approximate surface area is 149 Å². The molecule has 0 atom stereocenters. The maximum atomic E-state index is 12.9. The lowest BCUT2D eigenvalue weighted by Gasteiger charge is -2.34. The number of carbonyl (C=O) groups excluding carboxylic acids is 1. The van der Waals surface area contributed by atoms with Crippen molar-refractivity contribution in [3.8, 4) is 11.5 Å². The fourth-order valence-corrected chi connectivity index (χ4v) is 4.35. The first-order valence-electron chi connectivity index (χ1n) is 8.44. The molecule has 1 aromatic carbocycles. The van der Waals surface area contributed by atoms with Gasteiger partial charge < -0.3 is 14.4 Å². The average molecular weight is 370 g/mol. The number of hydrogen-bond donors (Lipinski definition) is 0. The summed E-state index contributed by atoms with van der Waals surface area (Å²) >= 11 is 0. The van der Waals surface area contributed by atoms with E-state index < -0.39 is 10.0 Å². The van der Waals surface area contributed by atoms with Crippen LogP contribution in [0.15, 0.2) is 23.1 Å². The van der Waals surface area contributed by atoms with Crippen LogP contribution in [-0.2, 0) is 14.8 Å². The van der Waals surface area contributed by atoms with E-state index in [0.717, 1.165) is 12.8 Å². The minimum atomic E-state index is -3.68. The van der Waals surface area contributed by atoms with E-state index in [0.29, 0.717) is 25.3 Å². The van der Waals surface area contributed by atoms with E-state index in [9.17, 15) is 13.2 Å². The number of carbonyl (C=O) groups is 1. The molecule has 0 aliphatic carbocycles. The second-order valence-electron chi connectivity index (χ2n) is 5.91. The highest BCUT2D eigenvalue weighted by Gasteiger charge is 2.32. The molecule has 140 valence electrons. The van der Waals surface area contributed by atoms with Crippen molar-refractivity contribution in [1.82, 2.24) is 9.21 Å². The Morgan fingerprint density at radius 1 is 1.12 bits per heavy atom. The molecule has 0 radical (unpaired) electrons. The number of methoxy groups -OCH3 is 2. The molecule has 0 unspecified atom stereocenters. The van der Waals surface area contributed by atoms with Gasteiger partial charge in [0, 0.05) is 38.7 Å². The van der Waals surface area contributed by atoms with Gasteiger partial charge in [-0.3, -0.25) is 4.79 Å². The summed E-state index contributed by atoms with van der Waals surface area (Å²) in [4.78, 5) is 13.9. The summed E-state index contributed by atoms with van der Waals surface area (Å²) in [6, 6.07) is 4.64. The van der Waals surface area contributed by atoms with Crippen LogP contribution in [0.2, 0.25) is 0 Å². The zero-order valence-corrected chi connectivity index (χ0v) is 15.8. The highest BCUT2D eigenvalue weighted by Crippen LogP contribution is 2.31. The molecule has 1 fully saturated rings. The van der Waals surface area contributed by atoms with Crippen molar-refractivity contribution in [2.24, 2.45) is 0 Å². The number of sulfonamides is 1. The Kier molecular flexibility index (Phi) is 6.66. The van der Waals surface area contributed by atoms with E-state index in [2.05, 4.69) is 0 Å². The molecule has 1 amide bonds. The van der Waals surface area contributed by atoms with Gasteiger partial charge in [0.05, 0.1) is 14.2 Å². The SMILES string of the molecule is CCCCC(=O)N1CCN(S(=O)(=O)c2ccc(OC)cc2OC)CC1. The second-order valence-corrected chi connectivity index (χ2v) is 7.81. The van der Waals surface area contributed by atoms with Crippen LogP contribution in [0.25, 0.3) is 0 Å². The molecular formula is C17H26N2O5S. The Morgan fingerprint density at radius 2 is 1.80 bits per heavy atom. The number of piperazine rings is 1. The standard InChI is InChI=1S/C17H26N2O5S/c1-4-5-6-17(20)18-9-11-19(12-10-18)25(21,22)16-8-7-14(23-2)13-15(16)24-3/h7-8,13H,4-6,9-12H2,1-3H3. The third-order valence-corrected chi connectivity index (χ3v) is 6.26. The number of ether oxygens (including phenoxy) is 2. The van der Waals surface area contributed by atoms with Crippen LogP contribution in [0.4, 0.5) is 0 Å². The summed E-state index contributed by atoms with van der Waals surface area (Å²) in [6.45, 7) is 3.45. The number of benzene rings is 1. The van der Waals surface area contributed by atoms with Crippen LogP contribution in [0.3, 0.4) is 0 Å². The first kappa shape index (κ1) is 19.5. The minimum absolute atomic E-state index is 0.0981. The van der Waals surface area contributed by atoms with Crippen molar-refractivity contribution in [3.63, 3.8) is 0 Å². The summed E-state index contributed by atoms with van der Waals surface area (Å²) in [7, 11) is -0.741. The molecule has 0 bridgehead atoms. The molecule has 1 heterocycles. The summed E-state index contributed by atoms with van der Waals surface area (Å²) < 4.78 is 37.6. The lowest BCUT2D eigenvalue weighted by Crippen LogP contribution is -2.50. The molecule has 0 N–H and O–H groups in total. The maximum Gasteiger partial charge on any atom is 0.246 e. The summed E-state index contributed by atoms with van der Waals surface area (Å²) in [5.41, 5.74) is 0. The van der Waals surface area contributed by atoms with Gasteiger partial charge >= 0.3 is 0 Å². The zero-order valence-electron chi connectivity index (χ0n) is 15.0. The van der Waals surface area contributed by atoms with E-state index in [4.69, 9.17) is 9.47 Å². The molecule has 0 spiro atoms. The molecular weight excluding hydrogens is 344 g/mol. The van der Waals surface area contributed by atoms with Crippen molar-refractivity contribution >= 4 is 15.9 Å². The van der Waals surface area contributed by atoms with Crippen LogP contribution >= 0.6 is 0 Å². The van der Waals surface area contributed by atoms with Gasteiger partial charge in [-0.2, -0.15) is 4.31 Å². The van der Waals surface area contributed by atoms with Gasteiger partial charge in [0.2, 0.25) is 15.9 Å². The average Bonchev–Trinajstić information content (AvgIpc) is 2.65. The maximum absolute atomic E-state index is 12.9. The highest BCUT2D eigenvalue weighted by atomic mass is 32.2. The van der Waals surface area contributed by atoms with Gasteiger partial charge in [-0.1, -0.05) is 13.3 Å². The van der Waals surface area contributed by atoms with E-state index in [1.807, 2.05) is 6.92 Å². The number of nitrogens with zero attached hydrogens (tertiary/aromatic N) is 2. The largest absolute Gasteiger partial charge is 0.497 e. The van der Waals surface area contributed by atoms with Gasteiger partial charge in [-0.15, -0.1) is 0 Å². The Morgan fingerprint density at radius 3 is 2.36 bits per heavy atom. The molecule has 0 saturated carbocycles. The van der Waals surface area contributed by atoms with Gasteiger partial charge in [0.1, 0.15) is 16.4 Å². The number of unbranched alkanes of at least 4 members (excludes halogenated alkanes) is 1. The van der Waals surface area contributed by atoms with Gasteiger partial charge in [-0.05, 0) is 18.6 Å². The Hall–Kier alpha value is -1.80. The second kappa shape index (κ2) is 8.53. The van der Waals surface area contributed by atoms with Crippen molar-refractivity contribution in [1.29, 1.82) is 0 Å². The molecule has 1 saturated heterocycles. The fourth-order valence-electron chi connectivity index (χ4n) is 2.79. The van der Waals surface area contributed by atoms with Crippen molar-refractivity contribution in [2.45, 2.75) is 31.1 Å². The van der Waals surface area contributed by atoms with Crippen LogP contribution in [0, 0.1) is 0 Å². The molecule has 7 nitrogen and oxygen atoms in total. The Balaban J connectivity index is 2.11. The molecule has 2 rings (SSSR count). The number of hydrogen-bond acceptors (Lipinski definition) is 5. The third-order valence-electron chi connectivity index (χ3n) is 4.32. The highest BCUT2D eigenvalue weighted by molar-refractivity contribution is 7.89. The molecule has 0 aromatic heterocycles. The quantitative estimate of drug-likeness (QED) is 0.731. The number of amides is 1. The lowest BCUT2D eigenvalue weighted by atomic mass is 10.2. The first-order chi connectivity index (χ1) is 11.9. The summed E-state index contributed by atoms with van der Waals surface area (Å²) in [6.07, 6.45) is 2.35. The van der Waals surface area contributed by atoms with Crippen LogP contribution in [0.5, 0.6) is 11.5 Å². The predicted octanol–water partition coefficient (Wildman–Crippen LogP) is 1.73. The van der Waals surface area contributed by atoms with Gasteiger partial charge in [0.15, 0.2) is 0 Å². The van der Waals surface area contributed by atoms with E-state index in [1.165, 1.54) is 24.6 Å². The minimum Gasteiger partial charge on any atom is -0.497 e. The van der Waals surface area contributed by atoms with Crippen LogP contribution in [0.1, 0.15) is 26.2 Å². The van der Waals surface area contributed by atoms with Gasteiger partial charge in [-0.25, -0.2) is 8.42 Å². The Bertz CT molecular complexity index is 697. The van der Waals surface area contributed by atoms with Crippen molar-refractivity contribution < 1.29 is 22.7 Å². The normalized spacial score (nSPS) is 15.9.